The summed E-state index contributed by atoms with van der Waals surface area (Å²) < 4.78 is 0. The monoisotopic (exact) mass is 268 g/mol. The van der Waals surface area contributed by atoms with Crippen LogP contribution in [-0.2, 0) is 6.54 Å². The van der Waals surface area contributed by atoms with E-state index in [-0.39, 0.29) is 6.04 Å². The molecule has 0 bridgehead atoms. The Morgan fingerprint density at radius 3 is 2.90 bits per heavy atom. The average molecular weight is 268 g/mol. The lowest BCUT2D eigenvalue weighted by molar-refractivity contribution is 0.542. The van der Waals surface area contributed by atoms with Crippen LogP contribution in [0.4, 0.5) is 0 Å². The molecule has 20 heavy (non-hydrogen) atoms. The normalized spacial score (nSPS) is 12.4. The Hall–Kier alpha value is -2.47. The van der Waals surface area contributed by atoms with Crippen LogP contribution in [0.15, 0.2) is 48.9 Å². The van der Waals surface area contributed by atoms with Gasteiger partial charge in [-0.1, -0.05) is 18.2 Å². The van der Waals surface area contributed by atoms with Gasteiger partial charge in [0.2, 0.25) is 0 Å². The number of nitrogens with zero attached hydrogens (tertiary/aromatic N) is 4. The lowest BCUT2D eigenvalue weighted by Gasteiger charge is -2.09. The van der Waals surface area contributed by atoms with Crippen molar-refractivity contribution in [2.24, 2.45) is 0 Å². The molecule has 2 N–H and O–H groups in total. The van der Waals surface area contributed by atoms with E-state index in [1.807, 2.05) is 36.5 Å². The van der Waals surface area contributed by atoms with E-state index in [2.05, 4.69) is 32.4 Å². The molecule has 0 amide bonds. The Bertz CT molecular complexity index is 643. The predicted molar refractivity (Wildman–Crippen MR) is 75.2 cm³/mol. The molecule has 0 aliphatic rings. The van der Waals surface area contributed by atoms with Gasteiger partial charge < -0.3 is 10.3 Å². The summed E-state index contributed by atoms with van der Waals surface area (Å²) in [6.45, 7) is 2.70. The molecule has 0 radical (unpaired) electrons. The third-order valence-electron chi connectivity index (χ3n) is 3.05. The number of nitrogens with one attached hydrogen (secondary N) is 2. The van der Waals surface area contributed by atoms with Crippen molar-refractivity contribution in [3.63, 3.8) is 0 Å². The Morgan fingerprint density at radius 2 is 2.15 bits per heavy atom. The number of rotatable bonds is 5. The fourth-order valence-corrected chi connectivity index (χ4v) is 1.93. The van der Waals surface area contributed by atoms with Crippen molar-refractivity contribution in [2.75, 3.05) is 0 Å². The van der Waals surface area contributed by atoms with Crippen molar-refractivity contribution in [3.8, 4) is 5.69 Å². The fraction of sp³-hybridized carbons (Fsp3) is 0.214. The second kappa shape index (κ2) is 5.66. The molecule has 2 heterocycles. The van der Waals surface area contributed by atoms with Gasteiger partial charge in [0.1, 0.15) is 5.82 Å². The summed E-state index contributed by atoms with van der Waals surface area (Å²) in [4.78, 5) is 8.94. The first kappa shape index (κ1) is 12.6. The van der Waals surface area contributed by atoms with Crippen molar-refractivity contribution in [2.45, 2.75) is 19.5 Å². The van der Waals surface area contributed by atoms with Gasteiger partial charge >= 0.3 is 0 Å². The predicted octanol–water partition coefficient (Wildman–Crippen LogP) is 1.84. The molecule has 0 fully saturated rings. The van der Waals surface area contributed by atoms with Gasteiger partial charge in [-0.3, -0.25) is 0 Å². The summed E-state index contributed by atoms with van der Waals surface area (Å²) in [5, 5.41) is 12.1. The van der Waals surface area contributed by atoms with Gasteiger partial charge in [0.05, 0.1) is 23.6 Å². The van der Waals surface area contributed by atoms with Crippen molar-refractivity contribution in [1.82, 2.24) is 30.3 Å². The first-order valence-corrected chi connectivity index (χ1v) is 6.52. The second-order valence-corrected chi connectivity index (χ2v) is 4.54. The van der Waals surface area contributed by atoms with Crippen LogP contribution in [0.2, 0.25) is 0 Å². The SMILES string of the molecule is CC(NCc1cnn(-c2ccccc2)n1)c1ncc[nH]1. The topological polar surface area (TPSA) is 71.4 Å². The maximum absolute atomic E-state index is 4.45. The molecule has 6 nitrogen and oxygen atoms in total. The Morgan fingerprint density at radius 1 is 1.30 bits per heavy atom. The Labute approximate surface area is 116 Å². The molecule has 2 aromatic heterocycles. The van der Waals surface area contributed by atoms with Crippen LogP contribution in [0, 0.1) is 0 Å². The van der Waals surface area contributed by atoms with Gasteiger partial charge in [0, 0.05) is 18.9 Å². The van der Waals surface area contributed by atoms with Crippen LogP contribution >= 0.6 is 0 Å². The van der Waals surface area contributed by atoms with Crippen molar-refractivity contribution >= 4 is 0 Å². The van der Waals surface area contributed by atoms with Crippen LogP contribution in [0.5, 0.6) is 0 Å². The molecule has 6 heteroatoms. The third-order valence-corrected chi connectivity index (χ3v) is 3.05. The van der Waals surface area contributed by atoms with Crippen LogP contribution < -0.4 is 5.32 Å². The lowest BCUT2D eigenvalue weighted by atomic mass is 10.3. The van der Waals surface area contributed by atoms with Crippen LogP contribution in [0.1, 0.15) is 24.5 Å². The standard InChI is InChI=1S/C14H16N6/c1-11(14-15-7-8-16-14)17-9-12-10-18-20(19-12)13-5-3-2-4-6-13/h2-8,10-11,17H,9H2,1H3,(H,15,16). The summed E-state index contributed by atoms with van der Waals surface area (Å²) in [5.74, 6) is 0.917. The van der Waals surface area contributed by atoms with Crippen LogP contribution in [0.25, 0.3) is 5.69 Å². The number of H-pyrrole nitrogens is 1. The first-order chi connectivity index (χ1) is 9.83. The molecule has 0 saturated carbocycles. The molecule has 0 aliphatic carbocycles. The quantitative estimate of drug-likeness (QED) is 0.740. The van der Waals surface area contributed by atoms with E-state index in [1.54, 1.807) is 17.2 Å². The van der Waals surface area contributed by atoms with E-state index in [1.165, 1.54) is 0 Å². The molecule has 0 saturated heterocycles. The van der Waals surface area contributed by atoms with Crippen molar-refractivity contribution < 1.29 is 0 Å². The fourth-order valence-electron chi connectivity index (χ4n) is 1.93. The van der Waals surface area contributed by atoms with E-state index in [9.17, 15) is 0 Å². The van der Waals surface area contributed by atoms with E-state index in [4.69, 9.17) is 0 Å². The number of para-hydroxylation sites is 1. The number of hydrogen-bond donors (Lipinski definition) is 2. The maximum atomic E-state index is 4.45. The number of benzene rings is 1. The van der Waals surface area contributed by atoms with Crippen LogP contribution in [0.3, 0.4) is 0 Å². The van der Waals surface area contributed by atoms with E-state index >= 15 is 0 Å². The van der Waals surface area contributed by atoms with Gasteiger partial charge in [0.15, 0.2) is 0 Å². The minimum Gasteiger partial charge on any atom is -0.347 e. The number of aromatic amines is 1. The Kier molecular flexibility index (Phi) is 3.56. The van der Waals surface area contributed by atoms with E-state index in [0.29, 0.717) is 6.54 Å². The van der Waals surface area contributed by atoms with Gasteiger partial charge in [-0.2, -0.15) is 15.0 Å². The molecule has 1 atom stereocenters. The summed E-state index contributed by atoms with van der Waals surface area (Å²) in [7, 11) is 0. The highest BCUT2D eigenvalue weighted by atomic mass is 15.5. The number of imidazole rings is 1. The Balaban J connectivity index is 1.63. The highest BCUT2D eigenvalue weighted by Crippen LogP contribution is 2.07. The van der Waals surface area contributed by atoms with Crippen LogP contribution in [-0.4, -0.2) is 25.0 Å². The highest BCUT2D eigenvalue weighted by Gasteiger charge is 2.08. The maximum Gasteiger partial charge on any atom is 0.122 e. The van der Waals surface area contributed by atoms with Crippen molar-refractivity contribution in [1.29, 1.82) is 0 Å². The molecular weight excluding hydrogens is 252 g/mol. The minimum atomic E-state index is 0.145. The smallest absolute Gasteiger partial charge is 0.122 e. The summed E-state index contributed by atoms with van der Waals surface area (Å²) in [6, 6.07) is 10.0. The van der Waals surface area contributed by atoms with Gasteiger partial charge in [-0.25, -0.2) is 4.98 Å². The molecule has 1 aromatic carbocycles. The van der Waals surface area contributed by atoms with Gasteiger partial charge in [-0.05, 0) is 19.1 Å². The highest BCUT2D eigenvalue weighted by molar-refractivity contribution is 5.28. The van der Waals surface area contributed by atoms with E-state index < -0.39 is 0 Å². The molecular formula is C14H16N6. The molecule has 1 unspecified atom stereocenters. The molecule has 102 valence electrons. The summed E-state index contributed by atoms with van der Waals surface area (Å²) in [5.41, 5.74) is 1.85. The lowest BCUT2D eigenvalue weighted by Crippen LogP contribution is -2.19. The molecule has 0 aliphatic heterocycles. The molecule has 3 rings (SSSR count). The van der Waals surface area contributed by atoms with Gasteiger partial charge in [0.25, 0.3) is 0 Å². The number of aromatic nitrogens is 5. The second-order valence-electron chi connectivity index (χ2n) is 4.54. The average Bonchev–Trinajstić information content (AvgIpc) is 3.17. The minimum absolute atomic E-state index is 0.145. The summed E-state index contributed by atoms with van der Waals surface area (Å²) in [6.07, 6.45) is 5.34. The largest absolute Gasteiger partial charge is 0.347 e. The zero-order chi connectivity index (χ0) is 13.8. The molecule has 3 aromatic rings. The number of hydrogen-bond acceptors (Lipinski definition) is 4. The third kappa shape index (κ3) is 2.75. The first-order valence-electron chi connectivity index (χ1n) is 6.52. The zero-order valence-electron chi connectivity index (χ0n) is 11.2. The van der Waals surface area contributed by atoms with Gasteiger partial charge in [-0.15, -0.1) is 0 Å². The van der Waals surface area contributed by atoms with E-state index in [0.717, 1.165) is 17.2 Å². The van der Waals surface area contributed by atoms with Crippen molar-refractivity contribution in [3.05, 3.63) is 60.4 Å². The zero-order valence-corrected chi connectivity index (χ0v) is 11.2. The molecule has 0 spiro atoms. The summed E-state index contributed by atoms with van der Waals surface area (Å²) >= 11 is 0.